The summed E-state index contributed by atoms with van der Waals surface area (Å²) in [5, 5.41) is 12.2. The Kier molecular flexibility index (Phi) is 6.50. The van der Waals surface area contributed by atoms with Crippen LogP contribution >= 0.6 is 0 Å². The lowest BCUT2D eigenvalue weighted by molar-refractivity contribution is -0.139. The fraction of sp³-hybridized carbons (Fsp3) is 0.464. The molecule has 0 bridgehead atoms. The number of nitrogens with one attached hydrogen (secondary N) is 1. The van der Waals surface area contributed by atoms with E-state index < -0.39 is 12.1 Å². The van der Waals surface area contributed by atoms with Gasteiger partial charge in [0, 0.05) is 31.5 Å². The van der Waals surface area contributed by atoms with E-state index in [4.69, 9.17) is 4.74 Å². The Morgan fingerprint density at radius 2 is 1.71 bits per heavy atom. The van der Waals surface area contributed by atoms with Crippen LogP contribution in [0.5, 0.6) is 0 Å². The lowest BCUT2D eigenvalue weighted by Gasteiger charge is -2.28. The van der Waals surface area contributed by atoms with Gasteiger partial charge in [-0.25, -0.2) is 4.79 Å². The zero-order valence-corrected chi connectivity index (χ0v) is 20.0. The molecule has 2 amide bonds. The number of nitrogens with zero attached hydrogens (tertiary/aromatic N) is 1. The first-order chi connectivity index (χ1) is 17.0. The van der Waals surface area contributed by atoms with Crippen molar-refractivity contribution in [1.29, 1.82) is 0 Å². The molecule has 2 aliphatic carbocycles. The topological polar surface area (TPSA) is 95.9 Å². The third kappa shape index (κ3) is 4.64. The molecule has 2 aromatic carbocycles. The van der Waals surface area contributed by atoms with Crippen LogP contribution in [-0.2, 0) is 14.3 Å². The smallest absolute Gasteiger partial charge is 0.407 e. The van der Waals surface area contributed by atoms with E-state index in [9.17, 15) is 19.5 Å². The molecular formula is C28H32N2O5. The molecule has 1 aliphatic heterocycles. The third-order valence-electron chi connectivity index (χ3n) is 7.86. The number of ether oxygens (including phenoxy) is 1. The van der Waals surface area contributed by atoms with Crippen LogP contribution in [0.4, 0.5) is 4.79 Å². The molecule has 0 aromatic heterocycles. The molecule has 4 atom stereocenters. The van der Waals surface area contributed by atoms with Gasteiger partial charge in [0.25, 0.3) is 0 Å². The molecule has 2 aromatic rings. The molecule has 1 heterocycles. The van der Waals surface area contributed by atoms with Gasteiger partial charge in [-0.1, -0.05) is 61.9 Å². The van der Waals surface area contributed by atoms with E-state index in [-0.39, 0.29) is 48.6 Å². The second-order valence-electron chi connectivity index (χ2n) is 9.98. The first-order valence-electron chi connectivity index (χ1n) is 12.6. The summed E-state index contributed by atoms with van der Waals surface area (Å²) in [4.78, 5) is 38.7. The predicted octanol–water partition coefficient (Wildman–Crippen LogP) is 4.26. The molecule has 1 saturated carbocycles. The standard InChI is InChI=1S/C28H32N2O5/c1-2-7-17(14-25(31)30-13-12-22-23(15-30)26(22)27(32)33)29-28(34)35-16-24-20-10-5-3-8-18(20)19-9-4-6-11-21(19)24/h3-6,8-11,17,22-24,26H,2,7,12-16H2,1H3,(H,29,34)(H,32,33)/t17-,22?,23?,26?/m0/s1. The molecule has 0 spiro atoms. The number of rotatable bonds is 8. The summed E-state index contributed by atoms with van der Waals surface area (Å²) in [7, 11) is 0. The number of carbonyl (C=O) groups excluding carboxylic acids is 2. The molecule has 35 heavy (non-hydrogen) atoms. The molecule has 1 saturated heterocycles. The van der Waals surface area contributed by atoms with E-state index in [1.165, 1.54) is 11.1 Å². The number of piperidine rings is 1. The van der Waals surface area contributed by atoms with Gasteiger partial charge in [0.15, 0.2) is 0 Å². The molecule has 2 N–H and O–H groups in total. The van der Waals surface area contributed by atoms with E-state index in [2.05, 4.69) is 29.6 Å². The van der Waals surface area contributed by atoms with Crippen molar-refractivity contribution < 1.29 is 24.2 Å². The number of alkyl carbamates (subject to hydrolysis) is 1. The lowest BCUT2D eigenvalue weighted by Crippen LogP contribution is -2.43. The van der Waals surface area contributed by atoms with Gasteiger partial charge in [-0.15, -0.1) is 0 Å². The highest BCUT2D eigenvalue weighted by Crippen LogP contribution is 2.51. The van der Waals surface area contributed by atoms with Crippen LogP contribution in [0, 0.1) is 17.8 Å². The second-order valence-corrected chi connectivity index (χ2v) is 9.98. The van der Waals surface area contributed by atoms with Crippen LogP contribution in [0.1, 0.15) is 49.7 Å². The Labute approximate surface area is 205 Å². The molecule has 3 unspecified atom stereocenters. The van der Waals surface area contributed by atoms with Crippen LogP contribution in [0.15, 0.2) is 48.5 Å². The van der Waals surface area contributed by atoms with Gasteiger partial charge < -0.3 is 20.1 Å². The van der Waals surface area contributed by atoms with Gasteiger partial charge >= 0.3 is 12.1 Å². The third-order valence-corrected chi connectivity index (χ3v) is 7.86. The van der Waals surface area contributed by atoms with Crippen molar-refractivity contribution >= 4 is 18.0 Å². The number of carboxylic acid groups (broad SMARTS) is 1. The number of hydrogen-bond acceptors (Lipinski definition) is 4. The molecule has 5 rings (SSSR count). The van der Waals surface area contributed by atoms with Crippen molar-refractivity contribution in [3.8, 4) is 11.1 Å². The summed E-state index contributed by atoms with van der Waals surface area (Å²) in [5.41, 5.74) is 4.67. The van der Waals surface area contributed by atoms with Gasteiger partial charge in [0.2, 0.25) is 5.91 Å². The largest absolute Gasteiger partial charge is 0.481 e. The van der Waals surface area contributed by atoms with Gasteiger partial charge in [-0.2, -0.15) is 0 Å². The Balaban J connectivity index is 1.16. The van der Waals surface area contributed by atoms with Gasteiger partial charge in [-0.3, -0.25) is 9.59 Å². The summed E-state index contributed by atoms with van der Waals surface area (Å²) < 4.78 is 5.67. The number of hydrogen-bond donors (Lipinski definition) is 2. The highest BCUT2D eigenvalue weighted by Gasteiger charge is 2.57. The average molecular weight is 477 g/mol. The first-order valence-corrected chi connectivity index (χ1v) is 12.6. The average Bonchev–Trinajstić information content (AvgIpc) is 3.50. The van der Waals surface area contributed by atoms with Crippen molar-refractivity contribution in [3.05, 3.63) is 59.7 Å². The minimum Gasteiger partial charge on any atom is -0.481 e. The van der Waals surface area contributed by atoms with Crippen LogP contribution < -0.4 is 5.32 Å². The van der Waals surface area contributed by atoms with Gasteiger partial charge in [0.05, 0.1) is 5.92 Å². The highest BCUT2D eigenvalue weighted by atomic mass is 16.5. The first kappa shape index (κ1) is 23.4. The quantitative estimate of drug-likeness (QED) is 0.593. The zero-order chi connectivity index (χ0) is 24.5. The normalized spacial score (nSPS) is 23.0. The molecule has 2 fully saturated rings. The Morgan fingerprint density at radius 1 is 1.06 bits per heavy atom. The minimum absolute atomic E-state index is 0.0126. The fourth-order valence-electron chi connectivity index (χ4n) is 6.05. The Morgan fingerprint density at radius 3 is 2.34 bits per heavy atom. The number of amides is 2. The number of likely N-dealkylation sites (tertiary alicyclic amines) is 1. The van der Waals surface area contributed by atoms with E-state index in [0.29, 0.717) is 19.5 Å². The minimum atomic E-state index is -0.755. The summed E-state index contributed by atoms with van der Waals surface area (Å²) >= 11 is 0. The monoisotopic (exact) mass is 476 g/mol. The number of fused-ring (bicyclic) bond motifs is 4. The molecule has 184 valence electrons. The van der Waals surface area contributed by atoms with Crippen LogP contribution in [0.3, 0.4) is 0 Å². The molecular weight excluding hydrogens is 444 g/mol. The molecule has 7 heteroatoms. The number of carbonyl (C=O) groups is 3. The summed E-state index contributed by atoms with van der Waals surface area (Å²) in [5.74, 6) is -0.821. The maximum Gasteiger partial charge on any atom is 0.407 e. The Bertz CT molecular complexity index is 1090. The number of benzene rings is 2. The summed E-state index contributed by atoms with van der Waals surface area (Å²) in [6.45, 7) is 3.35. The van der Waals surface area contributed by atoms with E-state index in [1.54, 1.807) is 4.90 Å². The van der Waals surface area contributed by atoms with Crippen molar-refractivity contribution in [2.24, 2.45) is 17.8 Å². The maximum atomic E-state index is 12.9. The Hall–Kier alpha value is -3.35. The molecule has 3 aliphatic rings. The summed E-state index contributed by atoms with van der Waals surface area (Å²) in [6, 6.07) is 16.1. The lowest BCUT2D eigenvalue weighted by atomic mass is 9.98. The number of aliphatic carboxylic acids is 1. The predicted molar refractivity (Wildman–Crippen MR) is 131 cm³/mol. The van der Waals surface area contributed by atoms with E-state index in [0.717, 1.165) is 24.0 Å². The van der Waals surface area contributed by atoms with Gasteiger partial charge in [-0.05, 0) is 46.9 Å². The van der Waals surface area contributed by atoms with Crippen LogP contribution in [0.25, 0.3) is 11.1 Å². The van der Waals surface area contributed by atoms with Crippen LogP contribution in [0.2, 0.25) is 0 Å². The molecule has 0 radical (unpaired) electrons. The van der Waals surface area contributed by atoms with E-state index in [1.807, 2.05) is 31.2 Å². The highest BCUT2D eigenvalue weighted by molar-refractivity contribution is 5.80. The SMILES string of the molecule is CCC[C@@H](CC(=O)N1CCC2C(C1)C2C(=O)O)NC(=O)OCC1c2ccccc2-c2ccccc21. The number of carboxylic acids is 1. The fourth-order valence-corrected chi connectivity index (χ4v) is 6.05. The second kappa shape index (κ2) is 9.72. The van der Waals surface area contributed by atoms with Crippen molar-refractivity contribution in [3.63, 3.8) is 0 Å². The maximum absolute atomic E-state index is 12.9. The van der Waals surface area contributed by atoms with Crippen LogP contribution in [-0.4, -0.2) is 53.7 Å². The van der Waals surface area contributed by atoms with Crippen molar-refractivity contribution in [2.45, 2.75) is 44.6 Å². The zero-order valence-electron chi connectivity index (χ0n) is 20.0. The summed E-state index contributed by atoms with van der Waals surface area (Å²) in [6.07, 6.45) is 1.93. The van der Waals surface area contributed by atoms with Crippen molar-refractivity contribution in [2.75, 3.05) is 19.7 Å². The van der Waals surface area contributed by atoms with E-state index >= 15 is 0 Å². The van der Waals surface area contributed by atoms with Crippen molar-refractivity contribution in [1.82, 2.24) is 10.2 Å². The molecule has 7 nitrogen and oxygen atoms in total. The van der Waals surface area contributed by atoms with Gasteiger partial charge in [0.1, 0.15) is 6.61 Å².